The molecule has 0 amide bonds. The highest BCUT2D eigenvalue weighted by Gasteiger charge is 2.23. The van der Waals surface area contributed by atoms with Crippen molar-refractivity contribution < 1.29 is 19.0 Å². The molecule has 0 aliphatic heterocycles. The van der Waals surface area contributed by atoms with Gasteiger partial charge in [-0.15, -0.1) is 11.3 Å². The van der Waals surface area contributed by atoms with E-state index in [9.17, 15) is 14.4 Å². The molecule has 3 N–H and O–H groups in total. The second-order valence-corrected chi connectivity index (χ2v) is 7.38. The molecule has 0 fully saturated rings. The standard InChI is InChI=1S/C20H23N3O6S/c1-4-29-9-5-8-23-19-14(18(25)22-20(23)26)15(21)17(30-19)16(24)11-6-7-12(27-2)13(10-11)28-3/h6-7,10H,4-5,8-9,21H2,1-3H3,(H,22,25,26). The highest BCUT2D eigenvalue weighted by atomic mass is 32.1. The summed E-state index contributed by atoms with van der Waals surface area (Å²) in [5.74, 6) is 0.508. The molecule has 30 heavy (non-hydrogen) atoms. The Morgan fingerprint density at radius 3 is 2.60 bits per heavy atom. The zero-order valence-corrected chi connectivity index (χ0v) is 17.8. The number of aryl methyl sites for hydroxylation is 1. The third-order valence-electron chi connectivity index (χ3n) is 4.59. The number of ketones is 1. The Bertz CT molecular complexity index is 1190. The van der Waals surface area contributed by atoms with E-state index >= 15 is 0 Å². The van der Waals surface area contributed by atoms with Gasteiger partial charge in [-0.3, -0.25) is 19.1 Å². The number of nitrogen functional groups attached to an aromatic ring is 1. The van der Waals surface area contributed by atoms with Crippen molar-refractivity contribution in [1.29, 1.82) is 0 Å². The number of H-pyrrole nitrogens is 1. The number of ether oxygens (including phenoxy) is 3. The number of carbonyl (C=O) groups excluding carboxylic acids is 1. The summed E-state index contributed by atoms with van der Waals surface area (Å²) in [4.78, 5) is 40.7. The number of methoxy groups -OCH3 is 2. The molecule has 2 aromatic heterocycles. The van der Waals surface area contributed by atoms with E-state index in [0.29, 0.717) is 48.1 Å². The lowest BCUT2D eigenvalue weighted by Crippen LogP contribution is -2.30. The Hall–Kier alpha value is -3.11. The molecule has 0 saturated carbocycles. The fourth-order valence-electron chi connectivity index (χ4n) is 3.11. The topological polar surface area (TPSA) is 126 Å². The van der Waals surface area contributed by atoms with E-state index in [1.54, 1.807) is 18.2 Å². The molecule has 0 aliphatic carbocycles. The maximum absolute atomic E-state index is 13.1. The van der Waals surface area contributed by atoms with Crippen molar-refractivity contribution in [2.75, 3.05) is 33.2 Å². The molecule has 3 rings (SSSR count). The van der Waals surface area contributed by atoms with E-state index in [1.807, 2.05) is 6.92 Å². The van der Waals surface area contributed by atoms with Crippen molar-refractivity contribution >= 4 is 33.0 Å². The van der Waals surface area contributed by atoms with Gasteiger partial charge in [0.15, 0.2) is 11.5 Å². The first kappa shape index (κ1) is 21.6. The molecule has 2 heterocycles. The molecule has 0 unspecified atom stereocenters. The van der Waals surface area contributed by atoms with Crippen LogP contribution in [0.15, 0.2) is 27.8 Å². The van der Waals surface area contributed by atoms with Crippen molar-refractivity contribution in [3.05, 3.63) is 49.5 Å². The summed E-state index contributed by atoms with van der Waals surface area (Å²) in [6.07, 6.45) is 0.575. The molecular formula is C20H23N3O6S. The molecule has 0 radical (unpaired) electrons. The molecule has 1 aromatic carbocycles. The SMILES string of the molecule is CCOCCCn1c(=O)[nH]c(=O)c2c(N)c(C(=O)c3ccc(OC)c(OC)c3)sc21. The number of nitrogens with one attached hydrogen (secondary N) is 1. The second kappa shape index (κ2) is 9.14. The van der Waals surface area contributed by atoms with Gasteiger partial charge < -0.3 is 19.9 Å². The predicted octanol–water partition coefficient (Wildman–Crippen LogP) is 2.01. The highest BCUT2D eigenvalue weighted by Crippen LogP contribution is 2.34. The maximum Gasteiger partial charge on any atom is 0.329 e. The third kappa shape index (κ3) is 3.96. The van der Waals surface area contributed by atoms with Crippen LogP contribution in [-0.2, 0) is 11.3 Å². The van der Waals surface area contributed by atoms with Gasteiger partial charge in [-0.2, -0.15) is 0 Å². The predicted molar refractivity (Wildman–Crippen MR) is 115 cm³/mol. The van der Waals surface area contributed by atoms with Crippen LogP contribution in [0.3, 0.4) is 0 Å². The second-order valence-electron chi connectivity index (χ2n) is 6.39. The third-order valence-corrected chi connectivity index (χ3v) is 5.82. The van der Waals surface area contributed by atoms with Gasteiger partial charge in [-0.25, -0.2) is 4.79 Å². The van der Waals surface area contributed by atoms with E-state index in [2.05, 4.69) is 4.98 Å². The number of anilines is 1. The van der Waals surface area contributed by atoms with Gasteiger partial charge in [0.05, 0.1) is 25.3 Å². The molecular weight excluding hydrogens is 410 g/mol. The maximum atomic E-state index is 13.1. The summed E-state index contributed by atoms with van der Waals surface area (Å²) in [7, 11) is 2.97. The van der Waals surface area contributed by atoms with Crippen molar-refractivity contribution in [3.63, 3.8) is 0 Å². The van der Waals surface area contributed by atoms with Crippen LogP contribution < -0.4 is 26.5 Å². The van der Waals surface area contributed by atoms with Crippen molar-refractivity contribution in [3.8, 4) is 11.5 Å². The summed E-state index contributed by atoms with van der Waals surface area (Å²) in [6.45, 7) is 3.26. The smallest absolute Gasteiger partial charge is 0.329 e. The van der Waals surface area contributed by atoms with Crippen LogP contribution in [0.4, 0.5) is 5.69 Å². The average Bonchev–Trinajstić information content (AvgIpc) is 3.09. The molecule has 0 aliphatic rings. The Balaban J connectivity index is 2.08. The van der Waals surface area contributed by atoms with Gasteiger partial charge in [0.25, 0.3) is 5.56 Å². The van der Waals surface area contributed by atoms with Crippen LogP contribution in [0, 0.1) is 0 Å². The molecule has 9 nitrogen and oxygen atoms in total. The zero-order valence-electron chi connectivity index (χ0n) is 16.9. The highest BCUT2D eigenvalue weighted by molar-refractivity contribution is 7.21. The lowest BCUT2D eigenvalue weighted by Gasteiger charge is -2.08. The number of hydrogen-bond acceptors (Lipinski definition) is 8. The average molecular weight is 433 g/mol. The lowest BCUT2D eigenvalue weighted by molar-refractivity contribution is 0.104. The summed E-state index contributed by atoms with van der Waals surface area (Å²) < 4.78 is 17.2. The molecule has 0 bridgehead atoms. The number of thiophene rings is 1. The first-order valence-electron chi connectivity index (χ1n) is 9.32. The number of hydrogen-bond donors (Lipinski definition) is 2. The van der Waals surface area contributed by atoms with Crippen molar-refractivity contribution in [1.82, 2.24) is 9.55 Å². The van der Waals surface area contributed by atoms with Gasteiger partial charge in [-0.1, -0.05) is 0 Å². The number of aromatic nitrogens is 2. The minimum atomic E-state index is -0.615. The molecule has 3 aromatic rings. The summed E-state index contributed by atoms with van der Waals surface area (Å²) in [5.41, 5.74) is 5.39. The van der Waals surface area contributed by atoms with Crippen LogP contribution in [0.25, 0.3) is 10.2 Å². The number of nitrogens with two attached hydrogens (primary N) is 1. The van der Waals surface area contributed by atoms with E-state index in [-0.39, 0.29) is 21.7 Å². The molecule has 10 heteroatoms. The zero-order chi connectivity index (χ0) is 21.8. The monoisotopic (exact) mass is 433 g/mol. The number of fused-ring (bicyclic) bond motifs is 1. The number of aromatic amines is 1. The minimum Gasteiger partial charge on any atom is -0.493 e. The van der Waals surface area contributed by atoms with Crippen LogP contribution in [0.2, 0.25) is 0 Å². The van der Waals surface area contributed by atoms with Crippen LogP contribution in [0.1, 0.15) is 28.6 Å². The van der Waals surface area contributed by atoms with E-state index in [1.165, 1.54) is 18.8 Å². The number of benzene rings is 1. The van der Waals surface area contributed by atoms with Gasteiger partial charge in [0, 0.05) is 25.3 Å². The van der Waals surface area contributed by atoms with Gasteiger partial charge in [0.1, 0.15) is 9.71 Å². The minimum absolute atomic E-state index is 0.0505. The molecule has 0 spiro atoms. The molecule has 0 atom stereocenters. The van der Waals surface area contributed by atoms with Gasteiger partial charge in [0.2, 0.25) is 5.78 Å². The first-order chi connectivity index (χ1) is 14.4. The molecule has 0 saturated heterocycles. The van der Waals surface area contributed by atoms with Crippen LogP contribution in [-0.4, -0.2) is 42.8 Å². The summed E-state index contributed by atoms with van der Waals surface area (Å²) in [6, 6.07) is 4.75. The largest absolute Gasteiger partial charge is 0.493 e. The van der Waals surface area contributed by atoms with Crippen molar-refractivity contribution in [2.24, 2.45) is 0 Å². The normalized spacial score (nSPS) is 11.0. The number of carbonyl (C=O) groups is 1. The van der Waals surface area contributed by atoms with Crippen LogP contribution in [0.5, 0.6) is 11.5 Å². The van der Waals surface area contributed by atoms with Gasteiger partial charge >= 0.3 is 5.69 Å². The fraction of sp³-hybridized carbons (Fsp3) is 0.350. The van der Waals surface area contributed by atoms with E-state index < -0.39 is 11.2 Å². The lowest BCUT2D eigenvalue weighted by atomic mass is 10.1. The Kier molecular flexibility index (Phi) is 6.58. The van der Waals surface area contributed by atoms with Gasteiger partial charge in [-0.05, 0) is 31.5 Å². The molecule has 160 valence electrons. The van der Waals surface area contributed by atoms with Crippen molar-refractivity contribution in [2.45, 2.75) is 19.9 Å². The quantitative estimate of drug-likeness (QED) is 0.390. The summed E-state index contributed by atoms with van der Waals surface area (Å²) in [5, 5.41) is 0.139. The van der Waals surface area contributed by atoms with E-state index in [4.69, 9.17) is 19.9 Å². The first-order valence-corrected chi connectivity index (χ1v) is 10.1. The number of rotatable bonds is 9. The van der Waals surface area contributed by atoms with Crippen LogP contribution >= 0.6 is 11.3 Å². The fourth-order valence-corrected chi connectivity index (χ4v) is 4.31. The number of nitrogens with zero attached hydrogens (tertiary/aromatic N) is 1. The summed E-state index contributed by atoms with van der Waals surface area (Å²) >= 11 is 1.02. The Morgan fingerprint density at radius 2 is 1.93 bits per heavy atom. The van der Waals surface area contributed by atoms with E-state index in [0.717, 1.165) is 11.3 Å². The Labute approximate surface area is 176 Å². The Morgan fingerprint density at radius 1 is 1.20 bits per heavy atom.